The first-order chi connectivity index (χ1) is 13.1. The number of nitrogens with one attached hydrogen (secondary N) is 1. The summed E-state index contributed by atoms with van der Waals surface area (Å²) in [6, 6.07) is 0.314. The van der Waals surface area contributed by atoms with E-state index in [1.54, 1.807) is 12.5 Å². The Kier molecular flexibility index (Phi) is 4.91. The smallest absolute Gasteiger partial charge is 0.302 e. The SMILES string of the molecule is CC(=O)N[C@@H]1[C@H](C)C[C@@H]2[C@@H]3CC=C4C[C@H](OC(C)=O)CC[C@]4(C)[C@H]3CC[C@@]21C. The van der Waals surface area contributed by atoms with E-state index in [-0.39, 0.29) is 28.8 Å². The number of esters is 1. The molecule has 0 aromatic carbocycles. The largest absolute Gasteiger partial charge is 0.462 e. The molecule has 1 N–H and O–H groups in total. The molecule has 156 valence electrons. The summed E-state index contributed by atoms with van der Waals surface area (Å²) in [5, 5.41) is 3.31. The zero-order chi connectivity index (χ0) is 20.3. The van der Waals surface area contributed by atoms with Crippen LogP contribution in [0.5, 0.6) is 0 Å². The Balaban J connectivity index is 1.58. The molecule has 0 aromatic heterocycles. The van der Waals surface area contributed by atoms with Gasteiger partial charge < -0.3 is 10.1 Å². The Morgan fingerprint density at radius 3 is 2.57 bits per heavy atom. The van der Waals surface area contributed by atoms with Gasteiger partial charge in [0.1, 0.15) is 6.10 Å². The fourth-order valence-electron chi connectivity index (χ4n) is 7.85. The number of fused-ring (bicyclic) bond motifs is 5. The standard InChI is InChI=1S/C24H37NO3/c1-14-12-21-19-7-6-17-13-18(28-16(3)27)8-10-23(17,4)20(19)9-11-24(21,5)22(14)25-15(2)26/h6,14,18-22H,7-13H2,1-5H3,(H,25,26)/t14-,18-,19-,20+,21-,22-,23+,24+/m1/s1. The van der Waals surface area contributed by atoms with Crippen molar-refractivity contribution in [3.05, 3.63) is 11.6 Å². The van der Waals surface area contributed by atoms with Gasteiger partial charge in [-0.25, -0.2) is 0 Å². The molecule has 0 spiro atoms. The maximum atomic E-state index is 11.8. The zero-order valence-electron chi connectivity index (χ0n) is 18.2. The number of ether oxygens (including phenoxy) is 1. The molecule has 0 bridgehead atoms. The molecule has 0 heterocycles. The molecule has 8 atom stereocenters. The number of hydrogen-bond acceptors (Lipinski definition) is 3. The minimum atomic E-state index is -0.153. The number of carbonyl (C=O) groups is 2. The van der Waals surface area contributed by atoms with Crippen molar-refractivity contribution in [3.8, 4) is 0 Å². The molecule has 0 radical (unpaired) electrons. The average molecular weight is 388 g/mol. The van der Waals surface area contributed by atoms with E-state index in [4.69, 9.17) is 4.74 Å². The normalized spacial score (nSPS) is 47.2. The van der Waals surface area contributed by atoms with Gasteiger partial charge in [0.05, 0.1) is 0 Å². The highest BCUT2D eigenvalue weighted by Gasteiger charge is 2.60. The Labute approximate surface area is 169 Å². The fraction of sp³-hybridized carbons (Fsp3) is 0.833. The van der Waals surface area contributed by atoms with Crippen LogP contribution in [0.15, 0.2) is 11.6 Å². The highest BCUT2D eigenvalue weighted by atomic mass is 16.5. The van der Waals surface area contributed by atoms with Gasteiger partial charge in [0, 0.05) is 26.3 Å². The summed E-state index contributed by atoms with van der Waals surface area (Å²) in [5.41, 5.74) is 2.03. The summed E-state index contributed by atoms with van der Waals surface area (Å²) in [5.74, 6) is 2.66. The molecule has 1 amide bonds. The molecule has 0 unspecified atom stereocenters. The third kappa shape index (κ3) is 3.02. The molecule has 3 fully saturated rings. The lowest BCUT2D eigenvalue weighted by Crippen LogP contribution is -2.54. The van der Waals surface area contributed by atoms with Crippen molar-refractivity contribution in [2.45, 2.75) is 91.7 Å². The second-order valence-corrected chi connectivity index (χ2v) is 10.7. The molecule has 0 saturated heterocycles. The summed E-state index contributed by atoms with van der Waals surface area (Å²) in [6.07, 6.45) is 10.5. The average Bonchev–Trinajstić information content (AvgIpc) is 2.85. The van der Waals surface area contributed by atoms with Crippen LogP contribution in [0.4, 0.5) is 0 Å². The highest BCUT2D eigenvalue weighted by Crippen LogP contribution is 2.65. The molecule has 0 aliphatic heterocycles. The topological polar surface area (TPSA) is 55.4 Å². The van der Waals surface area contributed by atoms with Crippen LogP contribution in [0.25, 0.3) is 0 Å². The quantitative estimate of drug-likeness (QED) is 0.555. The first kappa shape index (κ1) is 20.0. The van der Waals surface area contributed by atoms with Crippen LogP contribution in [-0.4, -0.2) is 24.0 Å². The van der Waals surface area contributed by atoms with E-state index >= 15 is 0 Å². The number of carbonyl (C=O) groups excluding carboxylic acids is 2. The van der Waals surface area contributed by atoms with Crippen molar-refractivity contribution in [2.75, 3.05) is 0 Å². The van der Waals surface area contributed by atoms with Crippen molar-refractivity contribution in [1.29, 1.82) is 0 Å². The Morgan fingerprint density at radius 1 is 1.14 bits per heavy atom. The molecule has 4 heteroatoms. The van der Waals surface area contributed by atoms with Gasteiger partial charge in [-0.05, 0) is 73.0 Å². The molecule has 0 aromatic rings. The summed E-state index contributed by atoms with van der Waals surface area (Å²) in [6.45, 7) is 10.4. The first-order valence-corrected chi connectivity index (χ1v) is 11.3. The monoisotopic (exact) mass is 387 g/mol. The Bertz CT molecular complexity index is 700. The Hall–Kier alpha value is -1.32. The number of amides is 1. The van der Waals surface area contributed by atoms with Crippen molar-refractivity contribution < 1.29 is 14.3 Å². The zero-order valence-corrected chi connectivity index (χ0v) is 18.2. The minimum absolute atomic E-state index is 0.0675. The molecule has 4 nitrogen and oxygen atoms in total. The second-order valence-electron chi connectivity index (χ2n) is 10.7. The van der Waals surface area contributed by atoms with Crippen LogP contribution in [0.1, 0.15) is 79.6 Å². The molecule has 4 aliphatic carbocycles. The Morgan fingerprint density at radius 2 is 1.89 bits per heavy atom. The van der Waals surface area contributed by atoms with E-state index in [2.05, 4.69) is 32.2 Å². The van der Waals surface area contributed by atoms with E-state index in [9.17, 15) is 9.59 Å². The number of hydrogen-bond donors (Lipinski definition) is 1. The molecule has 4 aliphatic rings. The summed E-state index contributed by atoms with van der Waals surface area (Å²) in [7, 11) is 0. The van der Waals surface area contributed by atoms with Gasteiger partial charge in [-0.2, -0.15) is 0 Å². The predicted molar refractivity (Wildman–Crippen MR) is 109 cm³/mol. The molecular weight excluding hydrogens is 350 g/mol. The van der Waals surface area contributed by atoms with Crippen LogP contribution in [0.2, 0.25) is 0 Å². The lowest BCUT2D eigenvalue weighted by Gasteiger charge is -2.58. The van der Waals surface area contributed by atoms with Crippen LogP contribution in [0, 0.1) is 34.5 Å². The molecular formula is C24H37NO3. The van der Waals surface area contributed by atoms with Gasteiger partial charge in [-0.15, -0.1) is 0 Å². The van der Waals surface area contributed by atoms with Crippen LogP contribution >= 0.6 is 0 Å². The molecule has 28 heavy (non-hydrogen) atoms. The maximum Gasteiger partial charge on any atom is 0.302 e. The van der Waals surface area contributed by atoms with Crippen molar-refractivity contribution in [3.63, 3.8) is 0 Å². The lowest BCUT2D eigenvalue weighted by atomic mass is 9.48. The van der Waals surface area contributed by atoms with E-state index in [0.29, 0.717) is 17.9 Å². The van der Waals surface area contributed by atoms with Crippen molar-refractivity contribution in [2.24, 2.45) is 34.5 Å². The van der Waals surface area contributed by atoms with E-state index in [1.807, 2.05) is 0 Å². The lowest BCUT2D eigenvalue weighted by molar-refractivity contribution is -0.148. The van der Waals surface area contributed by atoms with E-state index in [0.717, 1.165) is 37.5 Å². The number of rotatable bonds is 2. The maximum absolute atomic E-state index is 11.8. The first-order valence-electron chi connectivity index (χ1n) is 11.3. The van der Waals surface area contributed by atoms with E-state index < -0.39 is 0 Å². The highest BCUT2D eigenvalue weighted by molar-refractivity contribution is 5.73. The van der Waals surface area contributed by atoms with Crippen LogP contribution in [-0.2, 0) is 14.3 Å². The van der Waals surface area contributed by atoms with Gasteiger partial charge in [0.25, 0.3) is 0 Å². The molecule has 4 rings (SSSR count). The van der Waals surface area contributed by atoms with Crippen molar-refractivity contribution in [1.82, 2.24) is 5.32 Å². The third-order valence-electron chi connectivity index (χ3n) is 9.09. The molecule has 3 saturated carbocycles. The van der Waals surface area contributed by atoms with Gasteiger partial charge >= 0.3 is 5.97 Å². The third-order valence-corrected chi connectivity index (χ3v) is 9.09. The summed E-state index contributed by atoms with van der Waals surface area (Å²) >= 11 is 0. The van der Waals surface area contributed by atoms with Gasteiger partial charge in [-0.3, -0.25) is 9.59 Å². The number of allylic oxidation sites excluding steroid dienone is 1. The van der Waals surface area contributed by atoms with E-state index in [1.165, 1.54) is 26.2 Å². The predicted octanol–water partition coefficient (Wildman–Crippen LogP) is 4.63. The van der Waals surface area contributed by atoms with Crippen LogP contribution in [0.3, 0.4) is 0 Å². The summed E-state index contributed by atoms with van der Waals surface area (Å²) < 4.78 is 5.55. The van der Waals surface area contributed by atoms with Gasteiger partial charge in [-0.1, -0.05) is 32.4 Å². The minimum Gasteiger partial charge on any atom is -0.462 e. The van der Waals surface area contributed by atoms with Crippen molar-refractivity contribution >= 4 is 11.9 Å². The van der Waals surface area contributed by atoms with Gasteiger partial charge in [0.2, 0.25) is 5.91 Å². The van der Waals surface area contributed by atoms with Crippen LogP contribution < -0.4 is 5.32 Å². The fourth-order valence-corrected chi connectivity index (χ4v) is 7.85. The summed E-state index contributed by atoms with van der Waals surface area (Å²) in [4.78, 5) is 23.2. The second kappa shape index (κ2) is 6.88. The van der Waals surface area contributed by atoms with Gasteiger partial charge in [0.15, 0.2) is 0 Å².